The van der Waals surface area contributed by atoms with Crippen LogP contribution in [0.3, 0.4) is 0 Å². The molecule has 3 atom stereocenters. The van der Waals surface area contributed by atoms with Crippen LogP contribution in [0.5, 0.6) is 0 Å². The Morgan fingerprint density at radius 2 is 1.13 bits per heavy atom. The van der Waals surface area contributed by atoms with Crippen molar-refractivity contribution < 1.29 is 32.9 Å². The fourth-order valence-corrected chi connectivity index (χ4v) is 6.81. The Hall–Kier alpha value is -1.54. The predicted molar refractivity (Wildman–Crippen MR) is 228 cm³/mol. The molecule has 0 aromatic rings. The van der Waals surface area contributed by atoms with E-state index in [1.165, 1.54) is 89.9 Å². The number of likely N-dealkylation sites (N-methyl/N-ethyl adjacent to an activating group) is 1. The number of carbonyl (C=O) groups excluding carboxylic acids is 1. The number of allylic oxidation sites excluding steroid dienone is 8. The van der Waals surface area contributed by atoms with E-state index in [-0.39, 0.29) is 19.1 Å². The first-order chi connectivity index (χ1) is 26.0. The lowest BCUT2D eigenvalue weighted by Gasteiger charge is -2.30. The summed E-state index contributed by atoms with van der Waals surface area (Å²) in [6.07, 6.45) is 45.7. The lowest BCUT2D eigenvalue weighted by atomic mass is 10.0. The van der Waals surface area contributed by atoms with Gasteiger partial charge in [-0.3, -0.25) is 9.36 Å². The number of quaternary nitrogens is 1. The number of aliphatic hydroxyl groups excluding tert-OH is 1. The SMILES string of the molecule is CC/C=C\C/C=C\C/C=C\C/C=C\CCCCCCCCCCCCCCC(=O)NC(COP(=O)([O-])OCC[N+](C)(C)C)C(O)CCCCCCCCC. The molecule has 0 aromatic carbocycles. The highest BCUT2D eigenvalue weighted by Crippen LogP contribution is 2.38. The molecule has 3 unspecified atom stereocenters. The molecule has 0 aromatic heterocycles. The molecule has 0 bridgehead atoms. The molecule has 2 N–H and O–H groups in total. The molecule has 0 aliphatic carbocycles. The first kappa shape index (κ1) is 52.5. The van der Waals surface area contributed by atoms with Crippen molar-refractivity contribution in [3.63, 3.8) is 0 Å². The standard InChI is InChI=1S/C45H85N2O6P/c1-6-8-10-12-14-15-16-17-18-19-20-21-22-23-24-25-26-27-28-29-30-31-33-35-37-39-45(49)46-43(44(48)38-36-34-32-13-11-9-7-2)42-53-54(50,51)52-41-40-47(3,4)5/h8,10,14-15,17-18,20-21,43-44,48H,6-7,9,11-13,16,19,22-42H2,1-5H3,(H-,46,49,50,51)/b10-8-,15-14-,18-17-,21-20-. The maximum absolute atomic E-state index is 12.8. The molecule has 316 valence electrons. The van der Waals surface area contributed by atoms with E-state index in [1.54, 1.807) is 0 Å². The molecular weight excluding hydrogens is 695 g/mol. The highest BCUT2D eigenvalue weighted by Gasteiger charge is 2.24. The molecule has 9 heteroatoms. The van der Waals surface area contributed by atoms with Crippen molar-refractivity contribution in [3.05, 3.63) is 48.6 Å². The monoisotopic (exact) mass is 781 g/mol. The van der Waals surface area contributed by atoms with Gasteiger partial charge in [0.2, 0.25) is 5.91 Å². The van der Waals surface area contributed by atoms with Crippen LogP contribution in [0.1, 0.15) is 181 Å². The second-order valence-corrected chi connectivity index (χ2v) is 17.4. The van der Waals surface area contributed by atoms with Crippen LogP contribution < -0.4 is 10.2 Å². The Labute approximate surface area is 333 Å². The molecule has 0 radical (unpaired) electrons. The molecule has 0 heterocycles. The highest BCUT2D eigenvalue weighted by atomic mass is 31.2. The molecule has 1 amide bonds. The molecule has 0 aliphatic heterocycles. The summed E-state index contributed by atoms with van der Waals surface area (Å²) < 4.78 is 23.1. The summed E-state index contributed by atoms with van der Waals surface area (Å²) in [5.41, 5.74) is 0. The Morgan fingerprint density at radius 3 is 1.65 bits per heavy atom. The summed E-state index contributed by atoms with van der Waals surface area (Å²) in [6, 6.07) is -0.799. The number of hydrogen-bond donors (Lipinski definition) is 2. The molecule has 8 nitrogen and oxygen atoms in total. The largest absolute Gasteiger partial charge is 0.756 e. The number of hydrogen-bond acceptors (Lipinski definition) is 6. The van der Waals surface area contributed by atoms with Crippen LogP contribution in [0.25, 0.3) is 0 Å². The van der Waals surface area contributed by atoms with Crippen molar-refractivity contribution in [2.24, 2.45) is 0 Å². The van der Waals surface area contributed by atoms with Crippen molar-refractivity contribution in [2.75, 3.05) is 40.9 Å². The van der Waals surface area contributed by atoms with Gasteiger partial charge in [-0.15, -0.1) is 0 Å². The molecular formula is C45H85N2O6P. The van der Waals surface area contributed by atoms with Gasteiger partial charge in [-0.1, -0.05) is 172 Å². The zero-order valence-corrected chi connectivity index (χ0v) is 36.6. The quantitative estimate of drug-likeness (QED) is 0.0278. The number of amides is 1. The van der Waals surface area contributed by atoms with E-state index in [1.807, 2.05) is 21.1 Å². The van der Waals surface area contributed by atoms with Crippen LogP contribution in [-0.4, -0.2) is 68.5 Å². The summed E-state index contributed by atoms with van der Waals surface area (Å²) in [7, 11) is 1.29. The second kappa shape index (κ2) is 37.1. The summed E-state index contributed by atoms with van der Waals surface area (Å²) in [6.45, 7) is 4.54. The Kier molecular flexibility index (Phi) is 36.0. The van der Waals surface area contributed by atoms with Crippen molar-refractivity contribution in [2.45, 2.75) is 193 Å². The molecule has 0 saturated heterocycles. The lowest BCUT2D eigenvalue weighted by Crippen LogP contribution is -2.46. The third-order valence-electron chi connectivity index (χ3n) is 9.58. The fraction of sp³-hybridized carbons (Fsp3) is 0.800. The topological polar surface area (TPSA) is 108 Å². The summed E-state index contributed by atoms with van der Waals surface area (Å²) in [5.74, 6) is -0.174. The molecule has 0 aliphatic rings. The van der Waals surface area contributed by atoms with Gasteiger partial charge >= 0.3 is 0 Å². The Balaban J connectivity index is 4.10. The van der Waals surface area contributed by atoms with Crippen molar-refractivity contribution in [1.29, 1.82) is 0 Å². The number of phosphoric ester groups is 1. The van der Waals surface area contributed by atoms with Crippen molar-refractivity contribution in [3.8, 4) is 0 Å². The Bertz CT molecular complexity index is 1020. The zero-order valence-electron chi connectivity index (χ0n) is 35.7. The average Bonchev–Trinajstić information content (AvgIpc) is 3.12. The normalized spacial score (nSPS) is 14.9. The molecule has 0 rings (SSSR count). The van der Waals surface area contributed by atoms with E-state index in [4.69, 9.17) is 9.05 Å². The molecule has 0 saturated carbocycles. The third-order valence-corrected chi connectivity index (χ3v) is 10.5. The van der Waals surface area contributed by atoms with Crippen LogP contribution in [0.4, 0.5) is 0 Å². The van der Waals surface area contributed by atoms with Gasteiger partial charge in [-0.2, -0.15) is 0 Å². The number of unbranched alkanes of at least 4 members (excludes halogenated alkanes) is 18. The molecule has 0 spiro atoms. The van der Waals surface area contributed by atoms with Crippen LogP contribution in [0.2, 0.25) is 0 Å². The highest BCUT2D eigenvalue weighted by molar-refractivity contribution is 7.45. The van der Waals surface area contributed by atoms with E-state index in [0.29, 0.717) is 23.9 Å². The van der Waals surface area contributed by atoms with Crippen molar-refractivity contribution >= 4 is 13.7 Å². The van der Waals surface area contributed by atoms with E-state index in [9.17, 15) is 19.4 Å². The van der Waals surface area contributed by atoms with E-state index < -0.39 is 20.0 Å². The van der Waals surface area contributed by atoms with Gasteiger partial charge < -0.3 is 28.8 Å². The van der Waals surface area contributed by atoms with Gasteiger partial charge in [-0.25, -0.2) is 0 Å². The lowest BCUT2D eigenvalue weighted by molar-refractivity contribution is -0.870. The summed E-state index contributed by atoms with van der Waals surface area (Å²) in [5, 5.41) is 13.8. The number of nitrogens with one attached hydrogen (secondary N) is 1. The number of carbonyl (C=O) groups is 1. The molecule has 54 heavy (non-hydrogen) atoms. The molecule has 0 fully saturated rings. The van der Waals surface area contributed by atoms with Crippen molar-refractivity contribution in [1.82, 2.24) is 5.32 Å². The minimum atomic E-state index is -4.55. The third kappa shape index (κ3) is 38.7. The minimum Gasteiger partial charge on any atom is -0.756 e. The maximum atomic E-state index is 12.8. The summed E-state index contributed by atoms with van der Waals surface area (Å²) in [4.78, 5) is 25.2. The van der Waals surface area contributed by atoms with E-state index in [2.05, 4.69) is 67.8 Å². The minimum absolute atomic E-state index is 0.0100. The fourth-order valence-electron chi connectivity index (χ4n) is 6.09. The number of aliphatic hydroxyl groups is 1. The van der Waals surface area contributed by atoms with Gasteiger partial charge in [0, 0.05) is 6.42 Å². The first-order valence-corrected chi connectivity index (χ1v) is 23.4. The zero-order chi connectivity index (χ0) is 40.0. The number of rotatable bonds is 39. The van der Waals surface area contributed by atoms with Crippen LogP contribution in [0, 0.1) is 0 Å². The van der Waals surface area contributed by atoms with Gasteiger partial charge in [0.05, 0.1) is 39.9 Å². The van der Waals surface area contributed by atoms with Gasteiger partial charge in [0.25, 0.3) is 7.82 Å². The van der Waals surface area contributed by atoms with E-state index in [0.717, 1.165) is 64.2 Å². The summed E-state index contributed by atoms with van der Waals surface area (Å²) >= 11 is 0. The second-order valence-electron chi connectivity index (χ2n) is 16.0. The van der Waals surface area contributed by atoms with Gasteiger partial charge in [0.15, 0.2) is 0 Å². The Morgan fingerprint density at radius 1 is 0.667 bits per heavy atom. The van der Waals surface area contributed by atoms with Crippen LogP contribution in [-0.2, 0) is 18.4 Å². The van der Waals surface area contributed by atoms with E-state index >= 15 is 0 Å². The number of phosphoric acid groups is 1. The average molecular weight is 781 g/mol. The van der Waals surface area contributed by atoms with Crippen LogP contribution >= 0.6 is 7.82 Å². The predicted octanol–water partition coefficient (Wildman–Crippen LogP) is 11.4. The van der Waals surface area contributed by atoms with Gasteiger partial charge in [-0.05, 0) is 51.4 Å². The van der Waals surface area contributed by atoms with Gasteiger partial charge in [0.1, 0.15) is 13.2 Å². The number of nitrogens with zero attached hydrogens (tertiary/aromatic N) is 1. The maximum Gasteiger partial charge on any atom is 0.268 e. The first-order valence-electron chi connectivity index (χ1n) is 22.0. The smallest absolute Gasteiger partial charge is 0.268 e. The van der Waals surface area contributed by atoms with Crippen LogP contribution in [0.15, 0.2) is 48.6 Å².